The number of nitrogens with zero attached hydrogens (tertiary/aromatic N) is 1. The van der Waals surface area contributed by atoms with Crippen molar-refractivity contribution >= 4 is 33.2 Å². The number of hydrogen-bond donors (Lipinski definition) is 0. The lowest BCUT2D eigenvalue weighted by atomic mass is 9.77. The van der Waals surface area contributed by atoms with Gasteiger partial charge in [0.25, 0.3) is 0 Å². The molecule has 0 fully saturated rings. The highest BCUT2D eigenvalue weighted by molar-refractivity contribution is 6.21. The molecule has 2 aliphatic carbocycles. The number of rotatable bonds is 8. The van der Waals surface area contributed by atoms with Crippen LogP contribution in [0.4, 0.5) is 0 Å². The zero-order chi connectivity index (χ0) is 43.8. The molecule has 10 aromatic rings. The van der Waals surface area contributed by atoms with E-state index in [0.717, 1.165) is 42.6 Å². The molecule has 0 saturated heterocycles. The molecule has 0 bridgehead atoms. The summed E-state index contributed by atoms with van der Waals surface area (Å²) in [5.41, 5.74) is 21.7. The van der Waals surface area contributed by atoms with Gasteiger partial charge in [-0.3, -0.25) is 0 Å². The number of fused-ring (bicyclic) bond motifs is 3. The van der Waals surface area contributed by atoms with Crippen molar-refractivity contribution in [3.8, 4) is 78.0 Å². The highest BCUT2D eigenvalue weighted by atomic mass is 14.7. The molecule has 1 heteroatoms. The molecule has 9 aromatic carbocycles. The van der Waals surface area contributed by atoms with Gasteiger partial charge in [0.1, 0.15) is 0 Å². The van der Waals surface area contributed by atoms with E-state index in [2.05, 4.69) is 237 Å². The number of pyridine rings is 1. The maximum atomic E-state index is 5.06. The van der Waals surface area contributed by atoms with Gasteiger partial charge in [0, 0.05) is 5.56 Å². The second-order valence-corrected chi connectivity index (χ2v) is 17.5. The van der Waals surface area contributed by atoms with E-state index in [-0.39, 0.29) is 0 Å². The summed E-state index contributed by atoms with van der Waals surface area (Å²) in [5.74, 6) is 0. The van der Waals surface area contributed by atoms with Gasteiger partial charge >= 0.3 is 0 Å². The highest BCUT2D eigenvalue weighted by Gasteiger charge is 2.25. The molecule has 0 amide bonds. The minimum atomic E-state index is 1.01. The summed E-state index contributed by atoms with van der Waals surface area (Å²) >= 11 is 0. The van der Waals surface area contributed by atoms with E-state index in [4.69, 9.17) is 4.98 Å². The Morgan fingerprint density at radius 1 is 0.318 bits per heavy atom. The first-order valence-electron chi connectivity index (χ1n) is 23.3. The molecule has 0 saturated carbocycles. The number of benzene rings is 9. The van der Waals surface area contributed by atoms with Crippen molar-refractivity contribution < 1.29 is 0 Å². The second kappa shape index (κ2) is 17.1. The van der Waals surface area contributed by atoms with Crippen LogP contribution in [0.1, 0.15) is 36.1 Å². The minimum Gasteiger partial charge on any atom is -0.248 e. The first-order valence-corrected chi connectivity index (χ1v) is 23.3. The van der Waals surface area contributed by atoms with E-state index < -0.39 is 0 Å². The van der Waals surface area contributed by atoms with Crippen molar-refractivity contribution in [1.82, 2.24) is 4.98 Å². The summed E-state index contributed by atoms with van der Waals surface area (Å²) in [7, 11) is 0. The van der Waals surface area contributed by atoms with E-state index in [1.807, 2.05) is 0 Å². The SMILES string of the molecule is C1=CC(c2c(-c3ccccc3)cc(-c3cccc(-c4c5ccccc5c(-c5ccc(-c6ccc7c(n6)C=CCC7)cc5)c5ccccc45)c3)c(-c3ccccc3)c2-c2ccccc2)=CCC1. The van der Waals surface area contributed by atoms with E-state index >= 15 is 0 Å². The Hall–Kier alpha value is -8.13. The van der Waals surface area contributed by atoms with Crippen LogP contribution in [-0.4, -0.2) is 4.98 Å². The number of aryl methyl sites for hydroxylation is 1. The van der Waals surface area contributed by atoms with E-state index in [0.29, 0.717) is 0 Å². The molecule has 1 aromatic heterocycles. The monoisotopic (exact) mass is 841 g/mol. The summed E-state index contributed by atoms with van der Waals surface area (Å²) < 4.78 is 0. The molecular weight excluding hydrogens is 795 g/mol. The summed E-state index contributed by atoms with van der Waals surface area (Å²) in [5, 5.41) is 4.95. The maximum absolute atomic E-state index is 5.06. The van der Waals surface area contributed by atoms with Crippen molar-refractivity contribution in [1.29, 1.82) is 0 Å². The lowest BCUT2D eigenvalue weighted by Gasteiger charge is -2.26. The zero-order valence-corrected chi connectivity index (χ0v) is 36.8. The molecule has 0 unspecified atom stereocenters. The van der Waals surface area contributed by atoms with Crippen LogP contribution in [0, 0.1) is 0 Å². The normalized spacial score (nSPS) is 13.2. The first kappa shape index (κ1) is 39.5. The predicted molar refractivity (Wildman–Crippen MR) is 281 cm³/mol. The van der Waals surface area contributed by atoms with Crippen molar-refractivity contribution in [2.75, 3.05) is 0 Å². The molecule has 0 N–H and O–H groups in total. The van der Waals surface area contributed by atoms with Crippen molar-refractivity contribution in [2.45, 2.75) is 25.7 Å². The zero-order valence-electron chi connectivity index (χ0n) is 36.8. The van der Waals surface area contributed by atoms with Crippen LogP contribution in [0.2, 0.25) is 0 Å². The third-order valence-corrected chi connectivity index (χ3v) is 13.6. The van der Waals surface area contributed by atoms with Gasteiger partial charge < -0.3 is 0 Å². The second-order valence-electron chi connectivity index (χ2n) is 17.5. The summed E-state index contributed by atoms with van der Waals surface area (Å²) in [4.78, 5) is 5.06. The molecule has 2 aliphatic rings. The highest BCUT2D eigenvalue weighted by Crippen LogP contribution is 2.51. The van der Waals surface area contributed by atoms with E-state index in [1.54, 1.807) is 0 Å². The number of hydrogen-bond acceptors (Lipinski definition) is 1. The van der Waals surface area contributed by atoms with Gasteiger partial charge in [-0.25, -0.2) is 4.98 Å². The lowest BCUT2D eigenvalue weighted by Crippen LogP contribution is -2.01. The van der Waals surface area contributed by atoms with Crippen LogP contribution in [0.3, 0.4) is 0 Å². The van der Waals surface area contributed by atoms with Crippen molar-refractivity contribution in [2.24, 2.45) is 0 Å². The Morgan fingerprint density at radius 3 is 1.47 bits per heavy atom. The van der Waals surface area contributed by atoms with E-state index in [9.17, 15) is 0 Å². The smallest absolute Gasteiger partial charge is 0.0709 e. The molecular formula is C65H47N. The van der Waals surface area contributed by atoms with Crippen LogP contribution in [-0.2, 0) is 6.42 Å². The van der Waals surface area contributed by atoms with E-state index in [1.165, 1.54) is 105 Å². The quantitative estimate of drug-likeness (QED) is 0.139. The van der Waals surface area contributed by atoms with Gasteiger partial charge in [0.2, 0.25) is 0 Å². The molecule has 312 valence electrons. The molecule has 66 heavy (non-hydrogen) atoms. The van der Waals surface area contributed by atoms with Crippen LogP contribution >= 0.6 is 0 Å². The van der Waals surface area contributed by atoms with Crippen molar-refractivity contribution in [3.63, 3.8) is 0 Å². The predicted octanol–water partition coefficient (Wildman–Crippen LogP) is 17.7. The van der Waals surface area contributed by atoms with Crippen LogP contribution in [0.25, 0.3) is 111 Å². The van der Waals surface area contributed by atoms with Crippen LogP contribution in [0.5, 0.6) is 0 Å². The van der Waals surface area contributed by atoms with Gasteiger partial charge in [-0.15, -0.1) is 0 Å². The fourth-order valence-corrected chi connectivity index (χ4v) is 10.5. The Morgan fingerprint density at radius 2 is 0.833 bits per heavy atom. The minimum absolute atomic E-state index is 1.01. The summed E-state index contributed by atoms with van der Waals surface area (Å²) in [6, 6.07) is 76.2. The molecule has 1 heterocycles. The number of allylic oxidation sites excluding steroid dienone is 5. The Balaban J connectivity index is 1.08. The molecule has 0 spiro atoms. The lowest BCUT2D eigenvalue weighted by molar-refractivity contribution is 0.965. The Labute approximate surface area is 387 Å². The molecule has 0 radical (unpaired) electrons. The van der Waals surface area contributed by atoms with Gasteiger partial charge in [-0.1, -0.05) is 212 Å². The average Bonchev–Trinajstić information content (AvgIpc) is 3.40. The topological polar surface area (TPSA) is 12.9 Å². The van der Waals surface area contributed by atoms with Gasteiger partial charge in [-0.2, -0.15) is 0 Å². The fourth-order valence-electron chi connectivity index (χ4n) is 10.5. The van der Waals surface area contributed by atoms with Gasteiger partial charge in [-0.05, 0) is 155 Å². The Bertz CT molecular complexity index is 3480. The summed E-state index contributed by atoms with van der Waals surface area (Å²) in [6.07, 6.45) is 15.7. The third-order valence-electron chi connectivity index (χ3n) is 13.6. The average molecular weight is 842 g/mol. The van der Waals surface area contributed by atoms with Crippen LogP contribution in [0.15, 0.2) is 231 Å². The fraction of sp³-hybridized carbons (Fsp3) is 0.0615. The molecule has 0 aliphatic heterocycles. The molecule has 1 nitrogen and oxygen atoms in total. The van der Waals surface area contributed by atoms with Crippen LogP contribution < -0.4 is 0 Å². The molecule has 12 rings (SSSR count). The largest absolute Gasteiger partial charge is 0.248 e. The maximum Gasteiger partial charge on any atom is 0.0709 e. The first-order chi connectivity index (χ1) is 32.8. The molecule has 0 atom stereocenters. The number of aromatic nitrogens is 1. The standard InChI is InChI=1S/C65H47N/c1-5-20-44(21-6-1)57-43-58(64(48-25-9-3-10-26-48)65(49-27-11-4-12-28-49)63(57)47-23-7-2-8-24-47)51-29-19-30-52(42-51)62-55-33-16-14-31-53(55)61(54-32-15-17-34-56(54)62)50-38-36-46(37-39-50)60-41-40-45-22-13-18-35-59(45)66-60/h1,3-7,9-12,14-21,23-43H,2,8,13,22H2. The Kier molecular flexibility index (Phi) is 10.2. The van der Waals surface area contributed by atoms with Gasteiger partial charge in [0.15, 0.2) is 0 Å². The van der Waals surface area contributed by atoms with Gasteiger partial charge in [0.05, 0.1) is 11.4 Å². The van der Waals surface area contributed by atoms with Crippen molar-refractivity contribution in [3.05, 3.63) is 247 Å². The third kappa shape index (κ3) is 7.10. The summed E-state index contributed by atoms with van der Waals surface area (Å²) in [6.45, 7) is 0.